The van der Waals surface area contributed by atoms with Crippen molar-refractivity contribution < 1.29 is 0 Å². The summed E-state index contributed by atoms with van der Waals surface area (Å²) in [6.07, 6.45) is 14.8. The second-order valence-corrected chi connectivity index (χ2v) is 9.75. The van der Waals surface area contributed by atoms with E-state index in [1.807, 2.05) is 6.08 Å². The molecule has 0 saturated carbocycles. The number of aromatic nitrogens is 1. The minimum atomic E-state index is -0.111. The molecule has 1 heteroatoms. The lowest BCUT2D eigenvalue weighted by Crippen LogP contribution is -2.17. The number of allylic oxidation sites excluding steroid dienone is 9. The van der Waals surface area contributed by atoms with Gasteiger partial charge in [0.25, 0.3) is 0 Å². The van der Waals surface area contributed by atoms with Gasteiger partial charge in [0.15, 0.2) is 0 Å². The number of fused-ring (bicyclic) bond motifs is 7. The summed E-state index contributed by atoms with van der Waals surface area (Å²) in [5.41, 5.74) is 12.5. The minimum absolute atomic E-state index is 0.111. The van der Waals surface area contributed by atoms with Crippen LogP contribution >= 0.6 is 0 Å². The summed E-state index contributed by atoms with van der Waals surface area (Å²) >= 11 is 0. The van der Waals surface area contributed by atoms with Crippen molar-refractivity contribution in [1.82, 2.24) is 4.98 Å². The lowest BCUT2D eigenvalue weighted by atomic mass is 9.78. The average Bonchev–Trinajstić information content (AvgIpc) is 3.35. The SMILES string of the molecule is C=C/C(=C\C=C/C)c1cc2c([nH]c3ccc(C(/C=C\C)=C/C)cc32)c2c1C(C)(C)c1ccccc1-2. The van der Waals surface area contributed by atoms with E-state index in [9.17, 15) is 0 Å². The Morgan fingerprint density at radius 2 is 1.71 bits per heavy atom. The average molecular weight is 456 g/mol. The van der Waals surface area contributed by atoms with Crippen LogP contribution in [0, 0.1) is 0 Å². The molecule has 0 radical (unpaired) electrons. The number of rotatable bonds is 5. The molecule has 5 rings (SSSR count). The molecule has 0 aliphatic heterocycles. The largest absolute Gasteiger partial charge is 0.354 e. The third kappa shape index (κ3) is 3.46. The van der Waals surface area contributed by atoms with Crippen molar-refractivity contribution in [2.24, 2.45) is 0 Å². The molecule has 35 heavy (non-hydrogen) atoms. The van der Waals surface area contributed by atoms with Gasteiger partial charge in [-0.3, -0.25) is 0 Å². The number of H-pyrrole nitrogens is 1. The van der Waals surface area contributed by atoms with Crippen molar-refractivity contribution >= 4 is 33.0 Å². The van der Waals surface area contributed by atoms with Crippen molar-refractivity contribution in [1.29, 1.82) is 0 Å². The molecule has 1 aliphatic rings. The highest BCUT2D eigenvalue weighted by molar-refractivity contribution is 6.16. The van der Waals surface area contributed by atoms with Crippen LogP contribution in [-0.4, -0.2) is 4.98 Å². The van der Waals surface area contributed by atoms with E-state index in [1.165, 1.54) is 60.8 Å². The van der Waals surface area contributed by atoms with Crippen molar-refractivity contribution in [3.63, 3.8) is 0 Å². The Morgan fingerprint density at radius 3 is 2.43 bits per heavy atom. The maximum atomic E-state index is 4.19. The summed E-state index contributed by atoms with van der Waals surface area (Å²) in [4.78, 5) is 3.80. The lowest BCUT2D eigenvalue weighted by molar-refractivity contribution is 0.659. The van der Waals surface area contributed by atoms with Crippen molar-refractivity contribution in [3.8, 4) is 11.1 Å². The van der Waals surface area contributed by atoms with Gasteiger partial charge < -0.3 is 4.98 Å². The van der Waals surface area contributed by atoms with Crippen molar-refractivity contribution in [2.75, 3.05) is 0 Å². The summed E-state index contributed by atoms with van der Waals surface area (Å²) in [5.74, 6) is 0. The fourth-order valence-corrected chi connectivity index (χ4v) is 5.75. The molecule has 0 fully saturated rings. The Morgan fingerprint density at radius 1 is 0.914 bits per heavy atom. The van der Waals surface area contributed by atoms with Crippen LogP contribution in [0.25, 0.3) is 44.1 Å². The molecule has 4 aromatic rings. The van der Waals surface area contributed by atoms with Crippen LogP contribution in [0.2, 0.25) is 0 Å². The van der Waals surface area contributed by atoms with Crippen LogP contribution in [-0.2, 0) is 5.41 Å². The number of hydrogen-bond acceptors (Lipinski definition) is 0. The highest BCUT2D eigenvalue weighted by atomic mass is 14.7. The van der Waals surface area contributed by atoms with E-state index in [-0.39, 0.29) is 5.41 Å². The zero-order chi connectivity index (χ0) is 24.7. The fourth-order valence-electron chi connectivity index (χ4n) is 5.75. The van der Waals surface area contributed by atoms with Gasteiger partial charge in [-0.1, -0.05) is 93.3 Å². The normalized spacial score (nSPS) is 15.5. The van der Waals surface area contributed by atoms with Gasteiger partial charge >= 0.3 is 0 Å². The monoisotopic (exact) mass is 455 g/mol. The molecule has 1 heterocycles. The van der Waals surface area contributed by atoms with E-state index in [0.29, 0.717) is 0 Å². The van der Waals surface area contributed by atoms with Gasteiger partial charge in [0, 0.05) is 27.3 Å². The molecule has 0 saturated heterocycles. The third-order valence-corrected chi connectivity index (χ3v) is 7.38. The van der Waals surface area contributed by atoms with Gasteiger partial charge in [0.1, 0.15) is 0 Å². The van der Waals surface area contributed by atoms with Crippen LogP contribution in [0.4, 0.5) is 0 Å². The Labute approximate surface area is 208 Å². The summed E-state index contributed by atoms with van der Waals surface area (Å²) in [6.45, 7) is 15.1. The predicted molar refractivity (Wildman–Crippen MR) is 155 cm³/mol. The van der Waals surface area contributed by atoms with Crippen LogP contribution in [0.1, 0.15) is 56.9 Å². The van der Waals surface area contributed by atoms with Crippen LogP contribution in [0.3, 0.4) is 0 Å². The second kappa shape index (κ2) is 8.74. The van der Waals surface area contributed by atoms with E-state index < -0.39 is 0 Å². The predicted octanol–water partition coefficient (Wildman–Crippen LogP) is 9.75. The molecule has 0 spiro atoms. The number of benzene rings is 3. The first-order valence-electron chi connectivity index (χ1n) is 12.4. The molecule has 1 nitrogen and oxygen atoms in total. The molecule has 0 unspecified atom stereocenters. The molecule has 0 amide bonds. The molecular weight excluding hydrogens is 422 g/mol. The Kier molecular flexibility index (Phi) is 5.73. The minimum Gasteiger partial charge on any atom is -0.354 e. The highest BCUT2D eigenvalue weighted by Gasteiger charge is 2.39. The van der Waals surface area contributed by atoms with E-state index in [0.717, 1.165) is 5.57 Å². The van der Waals surface area contributed by atoms with Crippen LogP contribution in [0.15, 0.2) is 97.6 Å². The standard InChI is InChI=1S/C34H33N/c1-7-11-15-23(10-4)26-21-28-27-20-24(22(9-3)14-8-2)18-19-30(27)35-33(28)31-25-16-12-13-17-29(25)34(5,6)32(26)31/h7-21,35H,4H2,1-3,5-6H3/b11-7-,14-8-,22-9+,23-15+. The van der Waals surface area contributed by atoms with Gasteiger partial charge in [0.2, 0.25) is 0 Å². The first-order valence-corrected chi connectivity index (χ1v) is 12.4. The summed E-state index contributed by atoms with van der Waals surface area (Å²) in [5, 5.41) is 2.51. The first kappa shape index (κ1) is 22.9. The van der Waals surface area contributed by atoms with Gasteiger partial charge in [0.05, 0.1) is 5.52 Å². The smallest absolute Gasteiger partial charge is 0.0548 e. The molecule has 174 valence electrons. The fraction of sp³-hybridized carbons (Fsp3) is 0.176. The van der Waals surface area contributed by atoms with Gasteiger partial charge in [-0.25, -0.2) is 0 Å². The maximum absolute atomic E-state index is 4.19. The van der Waals surface area contributed by atoms with E-state index >= 15 is 0 Å². The zero-order valence-corrected chi connectivity index (χ0v) is 21.4. The number of hydrogen-bond donors (Lipinski definition) is 1. The summed E-state index contributed by atoms with van der Waals surface area (Å²) < 4.78 is 0. The molecule has 0 atom stereocenters. The molecule has 1 N–H and O–H groups in total. The van der Waals surface area contributed by atoms with Crippen LogP contribution in [0.5, 0.6) is 0 Å². The molecule has 1 aromatic heterocycles. The topological polar surface area (TPSA) is 15.8 Å². The van der Waals surface area contributed by atoms with Gasteiger partial charge in [-0.2, -0.15) is 0 Å². The highest BCUT2D eigenvalue weighted by Crippen LogP contribution is 2.54. The summed E-state index contributed by atoms with van der Waals surface area (Å²) in [7, 11) is 0. The Bertz CT molecular complexity index is 1590. The number of nitrogens with one attached hydrogen (secondary N) is 1. The molecular formula is C34H33N. The summed E-state index contributed by atoms with van der Waals surface area (Å²) in [6, 6.07) is 18.0. The Hall–Kier alpha value is -3.84. The zero-order valence-electron chi connectivity index (χ0n) is 21.4. The van der Waals surface area contributed by atoms with Crippen LogP contribution < -0.4 is 0 Å². The van der Waals surface area contributed by atoms with E-state index in [1.54, 1.807) is 0 Å². The molecule has 1 aliphatic carbocycles. The molecule has 3 aromatic carbocycles. The molecule has 0 bridgehead atoms. The van der Waals surface area contributed by atoms with Gasteiger partial charge in [-0.05, 0) is 77.9 Å². The Balaban J connectivity index is 1.94. The number of aromatic amines is 1. The van der Waals surface area contributed by atoms with E-state index in [2.05, 4.69) is 131 Å². The quantitative estimate of drug-likeness (QED) is 0.288. The second-order valence-electron chi connectivity index (χ2n) is 9.75. The maximum Gasteiger partial charge on any atom is 0.0548 e. The third-order valence-electron chi connectivity index (χ3n) is 7.38. The van der Waals surface area contributed by atoms with Gasteiger partial charge in [-0.15, -0.1) is 0 Å². The lowest BCUT2D eigenvalue weighted by Gasteiger charge is -2.25. The first-order chi connectivity index (χ1) is 17.0. The van der Waals surface area contributed by atoms with Crippen molar-refractivity contribution in [3.05, 3.63) is 120 Å². The van der Waals surface area contributed by atoms with Crippen molar-refractivity contribution in [2.45, 2.75) is 40.0 Å². The van der Waals surface area contributed by atoms with E-state index in [4.69, 9.17) is 0 Å².